The maximum atomic E-state index is 11.6. The molecule has 2 atom stereocenters. The van der Waals surface area contributed by atoms with Crippen molar-refractivity contribution < 1.29 is 57.5 Å². The van der Waals surface area contributed by atoms with Crippen LogP contribution in [0.15, 0.2) is 134 Å². The third-order valence-corrected chi connectivity index (χ3v) is 18.7. The van der Waals surface area contributed by atoms with Crippen molar-refractivity contribution in [3.8, 4) is 52.4 Å². The lowest BCUT2D eigenvalue weighted by Gasteiger charge is -2.15. The van der Waals surface area contributed by atoms with Crippen LogP contribution in [-0.4, -0.2) is 73.7 Å². The fourth-order valence-electron chi connectivity index (χ4n) is 14.2. The van der Waals surface area contributed by atoms with Gasteiger partial charge in [0.2, 0.25) is 5.91 Å². The second-order valence-corrected chi connectivity index (χ2v) is 24.7. The van der Waals surface area contributed by atoms with Crippen molar-refractivity contribution in [3.05, 3.63) is 223 Å². The number of ketones is 4. The van der Waals surface area contributed by atoms with Crippen LogP contribution in [0, 0.1) is 22.7 Å². The molecule has 1 amide bonds. The summed E-state index contributed by atoms with van der Waals surface area (Å²) in [5, 5.41) is 29.5. The van der Waals surface area contributed by atoms with Crippen LogP contribution in [0.3, 0.4) is 0 Å². The second-order valence-electron chi connectivity index (χ2n) is 24.7. The van der Waals surface area contributed by atoms with E-state index in [1.807, 2.05) is 37.3 Å². The minimum Gasteiger partial charge on any atom is -0.508 e. The second kappa shape index (κ2) is 32.7. The fourth-order valence-corrected chi connectivity index (χ4v) is 14.2. The molecule has 0 spiro atoms. The van der Waals surface area contributed by atoms with E-state index in [2.05, 4.69) is 60.4 Å². The number of Topliss-reactive ketones (excluding diaryl/α,β-unsaturated/α-hetero) is 4. The highest BCUT2D eigenvalue weighted by Gasteiger charge is 2.32. The minimum absolute atomic E-state index is 0.0316. The quantitative estimate of drug-likeness (QED) is 0.0739. The predicted octanol–water partition coefficient (Wildman–Crippen LogP) is 15.2. The third kappa shape index (κ3) is 16.4. The summed E-state index contributed by atoms with van der Waals surface area (Å²) in [6, 6.07) is 40.2. The van der Waals surface area contributed by atoms with Crippen molar-refractivity contribution in [2.75, 3.05) is 39.6 Å². The molecule has 0 fully saturated rings. The Kier molecular flexibility index (Phi) is 23.4. The molecule has 15 heteroatoms. The molecule has 15 nitrogen and oxygen atoms in total. The number of benzene rings is 7. The lowest BCUT2D eigenvalue weighted by atomic mass is 9.92. The summed E-state index contributed by atoms with van der Waals surface area (Å²) >= 11 is 0. The van der Waals surface area contributed by atoms with Gasteiger partial charge in [0, 0.05) is 114 Å². The van der Waals surface area contributed by atoms with Crippen LogP contribution in [0.4, 0.5) is 0 Å². The number of hydrogen-bond acceptors (Lipinski definition) is 14. The molecule has 16 rings (SSSR count). The molecule has 2 N–H and O–H groups in total. The Bertz CT molecular complexity index is 4200. The SMILES string of the molecule is C=COc1cccc(C(C)=O)c1.CC(=O)c1cccc(O)c1.CC(=O)c1cccc2c1CCO2.CCC(=O)NCC[C@@H]1CCc2ccc3c(c21)CCO3.N#C/C=C1\CCc2ccc3c(c21)CCO3.N#CC[C@@H]1CCc2ccc3c(c21)CCO3.O=C1CCc2ccc3c(c21)CCO3. The molecule has 0 unspecified atom stereocenters. The Morgan fingerprint density at radius 3 is 1.61 bits per heavy atom. The summed E-state index contributed by atoms with van der Waals surface area (Å²) in [6.07, 6.45) is 18.5. The number of ether oxygens (including phenoxy) is 6. The molecule has 7 aromatic rings. The highest BCUT2D eigenvalue weighted by molar-refractivity contribution is 6.02. The zero-order valence-electron chi connectivity index (χ0n) is 55.4. The molecule has 7 aromatic carbocycles. The lowest BCUT2D eigenvalue weighted by Crippen LogP contribution is -2.24. The Balaban J connectivity index is 0.000000123. The van der Waals surface area contributed by atoms with Gasteiger partial charge in [-0.25, -0.2) is 0 Å². The number of amides is 1. The molecule has 4 aliphatic carbocycles. The van der Waals surface area contributed by atoms with Crippen molar-refractivity contribution in [3.63, 3.8) is 0 Å². The number of nitrogens with zero attached hydrogens (tertiary/aromatic N) is 2. The third-order valence-electron chi connectivity index (χ3n) is 18.7. The molecule has 0 saturated heterocycles. The summed E-state index contributed by atoms with van der Waals surface area (Å²) in [5.74, 6) is 7.36. The van der Waals surface area contributed by atoms with E-state index < -0.39 is 0 Å². The van der Waals surface area contributed by atoms with Crippen LogP contribution in [0.1, 0.15) is 193 Å². The number of aromatic hydroxyl groups is 1. The highest BCUT2D eigenvalue weighted by Crippen LogP contribution is 2.45. The average molecular weight is 1290 g/mol. The summed E-state index contributed by atoms with van der Waals surface area (Å²) in [6.45, 7) is 14.6. The molecule has 0 saturated carbocycles. The summed E-state index contributed by atoms with van der Waals surface area (Å²) < 4.78 is 32.5. The summed E-state index contributed by atoms with van der Waals surface area (Å²) in [7, 11) is 0. The molecule has 0 bridgehead atoms. The molecule has 0 aromatic heterocycles. The number of fused-ring (bicyclic) bond motifs is 13. The topological polar surface area (TPSA) is 221 Å². The van der Waals surface area contributed by atoms with Crippen molar-refractivity contribution in [1.29, 1.82) is 10.5 Å². The Labute approximate surface area is 562 Å². The maximum absolute atomic E-state index is 11.6. The Morgan fingerprint density at radius 2 is 1.06 bits per heavy atom. The molecule has 96 heavy (non-hydrogen) atoms. The van der Waals surface area contributed by atoms with Crippen LogP contribution in [0.25, 0.3) is 5.57 Å². The van der Waals surface area contributed by atoms with Crippen molar-refractivity contribution in [1.82, 2.24) is 5.32 Å². The van der Waals surface area contributed by atoms with Gasteiger partial charge in [0.1, 0.15) is 40.2 Å². The van der Waals surface area contributed by atoms with Crippen LogP contribution in [0.5, 0.6) is 40.2 Å². The van der Waals surface area contributed by atoms with Gasteiger partial charge >= 0.3 is 0 Å². The van der Waals surface area contributed by atoms with Crippen LogP contribution < -0.4 is 33.7 Å². The number of hydrogen-bond donors (Lipinski definition) is 2. The molecule has 0 radical (unpaired) electrons. The van der Waals surface area contributed by atoms with Gasteiger partial charge in [0.15, 0.2) is 23.1 Å². The number of rotatable bonds is 10. The number of carbonyl (C=O) groups excluding carboxylic acids is 5. The first-order chi connectivity index (χ1) is 46.7. The fraction of sp³-hybridized carbons (Fsp3) is 0.346. The van der Waals surface area contributed by atoms with Gasteiger partial charge < -0.3 is 38.8 Å². The van der Waals surface area contributed by atoms with E-state index >= 15 is 0 Å². The van der Waals surface area contributed by atoms with E-state index in [0.29, 0.717) is 60.4 Å². The molecule has 9 aliphatic rings. The minimum atomic E-state index is -0.0316. The van der Waals surface area contributed by atoms with Gasteiger partial charge in [-0.3, -0.25) is 24.0 Å². The van der Waals surface area contributed by atoms with Crippen LogP contribution in [-0.2, 0) is 62.6 Å². The number of nitrogens with one attached hydrogen (secondary N) is 1. The van der Waals surface area contributed by atoms with Crippen molar-refractivity contribution in [2.24, 2.45) is 0 Å². The normalized spacial score (nSPS) is 16.6. The predicted molar refractivity (Wildman–Crippen MR) is 368 cm³/mol. The zero-order chi connectivity index (χ0) is 67.7. The Morgan fingerprint density at radius 1 is 0.562 bits per heavy atom. The largest absolute Gasteiger partial charge is 0.508 e. The van der Waals surface area contributed by atoms with Gasteiger partial charge in [-0.1, -0.05) is 74.2 Å². The number of phenols is 1. The first-order valence-corrected chi connectivity index (χ1v) is 33.5. The van der Waals surface area contributed by atoms with Crippen LogP contribution in [0.2, 0.25) is 0 Å². The van der Waals surface area contributed by atoms with E-state index in [0.717, 1.165) is 155 Å². The molecular weight excluding hydrogens is 1210 g/mol. The summed E-state index contributed by atoms with van der Waals surface area (Å²) in [5.41, 5.74) is 20.3. The van der Waals surface area contributed by atoms with Crippen molar-refractivity contribution in [2.45, 2.75) is 142 Å². The standard InChI is InChI=1S/C16H21NO2.C13H13NO.C13H11NO.C11H10O2.2C10H10O2.C8H8O2/c1-2-15(18)17-9-7-12-4-3-11-5-6-14-13(16(11)12)8-10-19-14;2*14-7-5-10-2-1-9-3-4-12-11(13(9)10)6-8-15-12;12-9-3-1-7-2-4-10-8(11(7)9)5-6-13-10;1-7(11)8-3-2-4-10-9(8)5-6-12-10;1-3-12-10-6-4-5-9(7-10)8(2)11;1-6(9)7-3-2-4-8(10)5-7/h5-6,12H,2-4,7-10H2,1H3,(H,17,18);3-4,10H,1-2,5-6,8H2;3-5H,1-2,6,8H2;2,4H,1,3,5-6H2;2-4H,5-6H2,1H3;3-7H,1H2,2H3;2-5,10H,1H3/b;;10-5+;;;;/t12-;10-;;;;;/m00...../s1. The van der Waals surface area contributed by atoms with Gasteiger partial charge in [-0.15, -0.1) is 0 Å². The zero-order valence-corrected chi connectivity index (χ0v) is 55.4. The lowest BCUT2D eigenvalue weighted by molar-refractivity contribution is -0.120. The van der Waals surface area contributed by atoms with Gasteiger partial charge in [0.25, 0.3) is 0 Å². The number of carbonyl (C=O) groups is 5. The van der Waals surface area contributed by atoms with E-state index in [9.17, 15) is 24.0 Å². The number of phenolic OH excluding ortho intramolecular Hbond substituents is 1. The van der Waals surface area contributed by atoms with Crippen LogP contribution >= 0.6 is 0 Å². The molecule has 5 heterocycles. The average Bonchev–Trinajstić information content (AvgIpc) is 1.66. The molecule has 494 valence electrons. The number of nitriles is 2. The monoisotopic (exact) mass is 1290 g/mol. The first kappa shape index (κ1) is 68.6. The molecular formula is C81H83N3O12. The highest BCUT2D eigenvalue weighted by atomic mass is 16.5. The number of allylic oxidation sites excluding steroid dienone is 2. The van der Waals surface area contributed by atoms with E-state index in [1.54, 1.807) is 49.4 Å². The summed E-state index contributed by atoms with van der Waals surface area (Å²) in [4.78, 5) is 55.6. The smallest absolute Gasteiger partial charge is 0.219 e. The first-order valence-electron chi connectivity index (χ1n) is 33.5. The Hall–Kier alpha value is -10.3. The van der Waals surface area contributed by atoms with Gasteiger partial charge in [-0.2, -0.15) is 10.5 Å². The van der Waals surface area contributed by atoms with Crippen molar-refractivity contribution >= 4 is 34.6 Å². The molecule has 5 aliphatic heterocycles. The van der Waals surface area contributed by atoms with E-state index in [-0.39, 0.29) is 29.0 Å². The van der Waals surface area contributed by atoms with Gasteiger partial charge in [-0.05, 0) is 183 Å². The van der Waals surface area contributed by atoms with E-state index in [4.69, 9.17) is 44.1 Å². The number of aryl methyl sites for hydroxylation is 4. The van der Waals surface area contributed by atoms with E-state index in [1.165, 1.54) is 106 Å². The van der Waals surface area contributed by atoms with Gasteiger partial charge in [0.05, 0.1) is 51.4 Å². The maximum Gasteiger partial charge on any atom is 0.219 e.